The van der Waals surface area contributed by atoms with E-state index in [4.69, 9.17) is 0 Å². The van der Waals surface area contributed by atoms with Crippen LogP contribution in [0.1, 0.15) is 10.6 Å². The van der Waals surface area contributed by atoms with Gasteiger partial charge in [-0.05, 0) is 6.07 Å². The number of nitrogens with one attached hydrogen (secondary N) is 2. The van der Waals surface area contributed by atoms with Gasteiger partial charge in [-0.2, -0.15) is 5.10 Å². The van der Waals surface area contributed by atoms with Gasteiger partial charge in [-0.3, -0.25) is 4.79 Å². The zero-order chi connectivity index (χ0) is 17.8. The number of carbonyl (C=O) groups is 1. The van der Waals surface area contributed by atoms with Gasteiger partial charge in [0, 0.05) is 33.6 Å². The van der Waals surface area contributed by atoms with E-state index < -0.39 is 0 Å². The van der Waals surface area contributed by atoms with Crippen molar-refractivity contribution in [2.45, 2.75) is 6.42 Å². The number of hydrogen-bond acceptors (Lipinski definition) is 4. The van der Waals surface area contributed by atoms with Crippen LogP contribution in [-0.2, 0) is 11.2 Å². The summed E-state index contributed by atoms with van der Waals surface area (Å²) in [6.07, 6.45) is 3.73. The van der Waals surface area contributed by atoms with Crippen molar-refractivity contribution in [2.24, 2.45) is 5.10 Å². The number of amides is 1. The Labute approximate surface area is 154 Å². The third-order valence-electron chi connectivity index (χ3n) is 3.95. The molecule has 2 heterocycles. The first-order valence-electron chi connectivity index (χ1n) is 8.17. The number of nitrogens with zero attached hydrogens (tertiary/aromatic N) is 2. The van der Waals surface area contributed by atoms with Crippen molar-refractivity contribution < 1.29 is 4.79 Å². The van der Waals surface area contributed by atoms with E-state index in [2.05, 4.69) is 20.5 Å². The predicted octanol–water partition coefficient (Wildman–Crippen LogP) is 3.98. The molecule has 2 aromatic heterocycles. The van der Waals surface area contributed by atoms with Crippen molar-refractivity contribution in [3.63, 3.8) is 0 Å². The van der Waals surface area contributed by atoms with Gasteiger partial charge in [0.05, 0.1) is 18.3 Å². The standard InChI is InChI=1S/C20H16N4OS/c25-19(10-20-23-18(13-26-20)14-6-2-1-3-7-14)24-22-12-15-11-21-17-9-5-4-8-16(15)17/h1-9,11-13,21H,10H2,(H,24,25)/b22-12+. The Kier molecular flexibility index (Phi) is 4.57. The molecule has 0 unspecified atom stereocenters. The summed E-state index contributed by atoms with van der Waals surface area (Å²) < 4.78 is 0. The molecule has 4 rings (SSSR count). The summed E-state index contributed by atoms with van der Waals surface area (Å²) in [7, 11) is 0. The van der Waals surface area contributed by atoms with Crippen LogP contribution in [0, 0.1) is 0 Å². The molecule has 0 aliphatic carbocycles. The van der Waals surface area contributed by atoms with Gasteiger partial charge in [0.25, 0.3) is 0 Å². The van der Waals surface area contributed by atoms with Gasteiger partial charge in [0.1, 0.15) is 5.01 Å². The molecule has 0 aliphatic heterocycles. The fourth-order valence-corrected chi connectivity index (χ4v) is 3.49. The Bertz CT molecular complexity index is 1070. The normalized spacial score (nSPS) is 11.2. The summed E-state index contributed by atoms with van der Waals surface area (Å²) >= 11 is 1.48. The molecule has 4 aromatic rings. The lowest BCUT2D eigenvalue weighted by atomic mass is 10.2. The number of hydrazone groups is 1. The van der Waals surface area contributed by atoms with Gasteiger partial charge < -0.3 is 4.98 Å². The van der Waals surface area contributed by atoms with Crippen LogP contribution in [-0.4, -0.2) is 22.1 Å². The molecule has 0 aliphatic rings. The number of para-hydroxylation sites is 1. The maximum atomic E-state index is 12.1. The molecule has 0 saturated carbocycles. The molecule has 2 aromatic carbocycles. The number of hydrogen-bond donors (Lipinski definition) is 2. The van der Waals surface area contributed by atoms with Crippen molar-refractivity contribution in [1.29, 1.82) is 0 Å². The minimum Gasteiger partial charge on any atom is -0.361 e. The Balaban J connectivity index is 1.38. The van der Waals surface area contributed by atoms with Crippen molar-refractivity contribution in [3.05, 3.63) is 76.7 Å². The SMILES string of the molecule is O=C(Cc1nc(-c2ccccc2)cs1)N/N=C/c1c[nH]c2ccccc12. The average molecular weight is 360 g/mol. The van der Waals surface area contributed by atoms with E-state index in [0.29, 0.717) is 0 Å². The molecule has 0 bridgehead atoms. The zero-order valence-electron chi connectivity index (χ0n) is 13.8. The molecule has 0 spiro atoms. The van der Waals surface area contributed by atoms with Crippen molar-refractivity contribution >= 4 is 34.4 Å². The third-order valence-corrected chi connectivity index (χ3v) is 4.80. The third kappa shape index (κ3) is 3.55. The molecule has 0 fully saturated rings. The second-order valence-corrected chi connectivity index (χ2v) is 6.69. The van der Waals surface area contributed by atoms with Gasteiger partial charge in [0.15, 0.2) is 0 Å². The second kappa shape index (κ2) is 7.33. The van der Waals surface area contributed by atoms with Gasteiger partial charge in [0.2, 0.25) is 5.91 Å². The monoisotopic (exact) mass is 360 g/mol. The Hall–Kier alpha value is -3.25. The minimum absolute atomic E-state index is 0.185. The second-order valence-electron chi connectivity index (χ2n) is 5.75. The van der Waals surface area contributed by atoms with Crippen LogP contribution < -0.4 is 5.43 Å². The van der Waals surface area contributed by atoms with Crippen molar-refractivity contribution in [1.82, 2.24) is 15.4 Å². The first-order valence-corrected chi connectivity index (χ1v) is 9.05. The largest absolute Gasteiger partial charge is 0.361 e. The molecule has 0 radical (unpaired) electrons. The number of thiazole rings is 1. The molecule has 128 valence electrons. The molecule has 0 atom stereocenters. The van der Waals surface area contributed by atoms with Crippen LogP contribution in [0.5, 0.6) is 0 Å². The van der Waals surface area contributed by atoms with E-state index in [9.17, 15) is 4.79 Å². The Morgan fingerprint density at radius 3 is 2.85 bits per heavy atom. The Morgan fingerprint density at radius 2 is 1.96 bits per heavy atom. The highest BCUT2D eigenvalue weighted by atomic mass is 32.1. The minimum atomic E-state index is -0.185. The molecule has 26 heavy (non-hydrogen) atoms. The van der Waals surface area contributed by atoms with Gasteiger partial charge in [-0.15, -0.1) is 11.3 Å². The molecule has 2 N–H and O–H groups in total. The predicted molar refractivity (Wildman–Crippen MR) is 105 cm³/mol. The quantitative estimate of drug-likeness (QED) is 0.417. The van der Waals surface area contributed by atoms with Crippen LogP contribution in [0.15, 0.2) is 71.3 Å². The number of rotatable bonds is 5. The number of H-pyrrole nitrogens is 1. The fourth-order valence-electron chi connectivity index (χ4n) is 2.69. The topological polar surface area (TPSA) is 70.1 Å². The van der Waals surface area contributed by atoms with Crippen molar-refractivity contribution in [3.8, 4) is 11.3 Å². The highest BCUT2D eigenvalue weighted by molar-refractivity contribution is 7.10. The zero-order valence-corrected chi connectivity index (χ0v) is 14.7. The van der Waals surface area contributed by atoms with E-state index in [1.54, 1.807) is 6.21 Å². The Morgan fingerprint density at radius 1 is 1.15 bits per heavy atom. The summed E-state index contributed by atoms with van der Waals surface area (Å²) in [5, 5.41) is 7.86. The first kappa shape index (κ1) is 16.2. The fraction of sp³-hybridized carbons (Fsp3) is 0.0500. The number of aromatic amines is 1. The summed E-state index contributed by atoms with van der Waals surface area (Å²) in [6, 6.07) is 17.9. The van der Waals surface area contributed by atoms with E-state index in [-0.39, 0.29) is 12.3 Å². The molecular weight excluding hydrogens is 344 g/mol. The van der Waals surface area contributed by atoms with Crippen LogP contribution in [0.4, 0.5) is 0 Å². The van der Waals surface area contributed by atoms with Gasteiger partial charge in [-0.25, -0.2) is 10.4 Å². The highest BCUT2D eigenvalue weighted by Gasteiger charge is 2.08. The van der Waals surface area contributed by atoms with E-state index in [1.807, 2.05) is 66.2 Å². The summed E-state index contributed by atoms with van der Waals surface area (Å²) in [5.74, 6) is -0.185. The molecule has 6 heteroatoms. The number of fused-ring (bicyclic) bond motifs is 1. The lowest BCUT2D eigenvalue weighted by Crippen LogP contribution is -2.19. The summed E-state index contributed by atoms with van der Waals surface area (Å²) in [6.45, 7) is 0. The van der Waals surface area contributed by atoms with E-state index >= 15 is 0 Å². The van der Waals surface area contributed by atoms with Crippen LogP contribution in [0.25, 0.3) is 22.2 Å². The van der Waals surface area contributed by atoms with Gasteiger partial charge >= 0.3 is 0 Å². The van der Waals surface area contributed by atoms with E-state index in [0.717, 1.165) is 32.7 Å². The summed E-state index contributed by atoms with van der Waals surface area (Å²) in [4.78, 5) is 19.8. The van der Waals surface area contributed by atoms with Gasteiger partial charge in [-0.1, -0.05) is 48.5 Å². The smallest absolute Gasteiger partial charge is 0.246 e. The maximum Gasteiger partial charge on any atom is 0.246 e. The van der Waals surface area contributed by atoms with Crippen molar-refractivity contribution in [2.75, 3.05) is 0 Å². The lowest BCUT2D eigenvalue weighted by molar-refractivity contribution is -0.120. The maximum absolute atomic E-state index is 12.1. The van der Waals surface area contributed by atoms with Crippen LogP contribution in [0.2, 0.25) is 0 Å². The van der Waals surface area contributed by atoms with E-state index in [1.165, 1.54) is 11.3 Å². The number of benzene rings is 2. The molecular formula is C20H16N4OS. The number of aromatic nitrogens is 2. The summed E-state index contributed by atoms with van der Waals surface area (Å²) in [5.41, 5.74) is 6.48. The van der Waals surface area contributed by atoms with Crippen LogP contribution >= 0.6 is 11.3 Å². The molecule has 5 nitrogen and oxygen atoms in total. The number of carbonyl (C=O) groups excluding carboxylic acids is 1. The lowest BCUT2D eigenvalue weighted by Gasteiger charge is -1.97. The van der Waals surface area contributed by atoms with Crippen LogP contribution in [0.3, 0.4) is 0 Å². The average Bonchev–Trinajstić information content (AvgIpc) is 3.30. The highest BCUT2D eigenvalue weighted by Crippen LogP contribution is 2.21. The molecule has 1 amide bonds. The first-order chi connectivity index (χ1) is 12.8. The molecule has 0 saturated heterocycles.